The van der Waals surface area contributed by atoms with Gasteiger partial charge in [0, 0.05) is 24.1 Å². The number of ether oxygens (including phenoxy) is 2. The van der Waals surface area contributed by atoms with Crippen LogP contribution >= 0.6 is 0 Å². The number of benzene rings is 2. The molecule has 0 fully saturated rings. The Morgan fingerprint density at radius 1 is 1.07 bits per heavy atom. The van der Waals surface area contributed by atoms with Crippen LogP contribution in [0.15, 0.2) is 48.5 Å². The molecule has 0 aliphatic heterocycles. The van der Waals surface area contributed by atoms with Crippen molar-refractivity contribution < 1.29 is 28.8 Å². The van der Waals surface area contributed by atoms with Gasteiger partial charge in [0.05, 0.1) is 24.1 Å². The summed E-state index contributed by atoms with van der Waals surface area (Å²) in [7, 11) is 1.47. The first-order valence-corrected chi connectivity index (χ1v) is 8.27. The quantitative estimate of drug-likeness (QED) is 0.304. The molecule has 0 saturated carbocycles. The molecule has 0 heterocycles. The number of anilines is 1. The summed E-state index contributed by atoms with van der Waals surface area (Å²) in [6.45, 7) is -0.561. The molecule has 2 aromatic rings. The molecule has 0 bridgehead atoms. The lowest BCUT2D eigenvalue weighted by Crippen LogP contribution is -2.17. The summed E-state index contributed by atoms with van der Waals surface area (Å²) in [4.78, 5) is 45.8. The topological polar surface area (TPSA) is 125 Å². The van der Waals surface area contributed by atoms with Crippen LogP contribution in [0.3, 0.4) is 0 Å². The minimum Gasteiger partial charge on any atom is -0.495 e. The predicted molar refractivity (Wildman–Crippen MR) is 99.2 cm³/mol. The van der Waals surface area contributed by atoms with Crippen LogP contribution in [0.1, 0.15) is 23.2 Å². The van der Waals surface area contributed by atoms with Gasteiger partial charge in [0.25, 0.3) is 5.69 Å². The maximum absolute atomic E-state index is 12.0. The molecule has 0 atom stereocenters. The number of amides is 1. The fraction of sp³-hybridized carbons (Fsp3) is 0.211. The van der Waals surface area contributed by atoms with Gasteiger partial charge in [0.2, 0.25) is 11.7 Å². The second-order valence-electron chi connectivity index (χ2n) is 5.64. The largest absolute Gasteiger partial charge is 0.495 e. The first kappa shape index (κ1) is 20.6. The molecule has 0 aliphatic carbocycles. The second kappa shape index (κ2) is 9.81. The van der Waals surface area contributed by atoms with E-state index in [-0.39, 0.29) is 24.1 Å². The van der Waals surface area contributed by atoms with Crippen LogP contribution in [0.2, 0.25) is 0 Å². The summed E-state index contributed by atoms with van der Waals surface area (Å²) in [5, 5.41) is 13.3. The summed E-state index contributed by atoms with van der Waals surface area (Å²) in [5.41, 5.74) is 0.310. The predicted octanol–water partition coefficient (Wildman–Crippen LogP) is 2.75. The third-order valence-corrected chi connectivity index (χ3v) is 3.68. The van der Waals surface area contributed by atoms with Crippen molar-refractivity contribution in [2.24, 2.45) is 0 Å². The van der Waals surface area contributed by atoms with Crippen molar-refractivity contribution in [1.29, 1.82) is 0 Å². The van der Waals surface area contributed by atoms with E-state index in [0.717, 1.165) is 6.07 Å². The van der Waals surface area contributed by atoms with Crippen molar-refractivity contribution in [2.45, 2.75) is 12.8 Å². The van der Waals surface area contributed by atoms with Crippen LogP contribution in [0.5, 0.6) is 5.75 Å². The van der Waals surface area contributed by atoms with E-state index >= 15 is 0 Å². The zero-order valence-corrected chi connectivity index (χ0v) is 15.0. The summed E-state index contributed by atoms with van der Waals surface area (Å²) in [6.07, 6.45) is -0.356. The minimum atomic E-state index is -0.728. The number of carbonyl (C=O) groups is 3. The van der Waals surface area contributed by atoms with Crippen LogP contribution in [0, 0.1) is 10.1 Å². The smallest absolute Gasteiger partial charge is 0.306 e. The Morgan fingerprint density at radius 3 is 2.54 bits per heavy atom. The average molecular weight is 386 g/mol. The van der Waals surface area contributed by atoms with E-state index in [1.807, 2.05) is 0 Å². The van der Waals surface area contributed by atoms with Gasteiger partial charge in [-0.15, -0.1) is 0 Å². The number of methoxy groups -OCH3 is 1. The summed E-state index contributed by atoms with van der Waals surface area (Å²) < 4.78 is 9.96. The number of hydrogen-bond acceptors (Lipinski definition) is 7. The normalized spacial score (nSPS) is 10.0. The molecule has 0 unspecified atom stereocenters. The molecule has 0 saturated heterocycles. The Bertz CT molecular complexity index is 895. The molecular formula is C19H18N2O7. The van der Waals surface area contributed by atoms with Crippen LogP contribution in [0.25, 0.3) is 0 Å². The van der Waals surface area contributed by atoms with Crippen molar-refractivity contribution in [3.8, 4) is 5.75 Å². The number of carbonyl (C=O) groups excluding carboxylic acids is 3. The summed E-state index contributed by atoms with van der Waals surface area (Å²) >= 11 is 0. The molecule has 0 aromatic heterocycles. The highest BCUT2D eigenvalue weighted by Crippen LogP contribution is 2.23. The number of esters is 1. The van der Waals surface area contributed by atoms with Gasteiger partial charge in [-0.3, -0.25) is 24.5 Å². The van der Waals surface area contributed by atoms with E-state index in [2.05, 4.69) is 5.32 Å². The third kappa shape index (κ3) is 5.90. The van der Waals surface area contributed by atoms with Crippen LogP contribution in [-0.2, 0) is 14.3 Å². The number of Topliss-reactive ketones (excluding diaryl/α,β-unsaturated/α-hetero) is 1. The standard InChI is InChI=1S/C19H18N2O7/c1-27-17-8-3-2-7-15(17)20-18(23)9-10-19(24)28-12-16(22)13-5-4-6-14(11-13)21(25)26/h2-8,11H,9-10,12H2,1H3,(H,20,23). The number of nitrogens with zero attached hydrogens (tertiary/aromatic N) is 1. The highest BCUT2D eigenvalue weighted by atomic mass is 16.6. The van der Waals surface area contributed by atoms with E-state index in [0.29, 0.717) is 11.4 Å². The summed E-state index contributed by atoms with van der Waals surface area (Å²) in [5.74, 6) is -1.23. The maximum atomic E-state index is 12.0. The monoisotopic (exact) mass is 386 g/mol. The number of non-ortho nitro benzene ring substituents is 1. The lowest BCUT2D eigenvalue weighted by atomic mass is 10.1. The van der Waals surface area contributed by atoms with Crippen LogP contribution in [0.4, 0.5) is 11.4 Å². The number of hydrogen-bond donors (Lipinski definition) is 1. The number of nitro benzene ring substituents is 1. The Balaban J connectivity index is 1.79. The zero-order valence-electron chi connectivity index (χ0n) is 15.0. The number of para-hydroxylation sites is 2. The van der Waals surface area contributed by atoms with E-state index in [1.54, 1.807) is 24.3 Å². The molecular weight excluding hydrogens is 368 g/mol. The molecule has 2 aromatic carbocycles. The van der Waals surface area contributed by atoms with E-state index in [9.17, 15) is 24.5 Å². The molecule has 146 valence electrons. The van der Waals surface area contributed by atoms with Gasteiger partial charge >= 0.3 is 5.97 Å². The molecule has 1 amide bonds. The van der Waals surface area contributed by atoms with Crippen molar-refractivity contribution in [2.75, 3.05) is 19.0 Å². The van der Waals surface area contributed by atoms with Crippen molar-refractivity contribution in [3.63, 3.8) is 0 Å². The van der Waals surface area contributed by atoms with E-state index in [4.69, 9.17) is 9.47 Å². The molecule has 9 heteroatoms. The second-order valence-corrected chi connectivity index (χ2v) is 5.64. The van der Waals surface area contributed by atoms with E-state index in [1.165, 1.54) is 25.3 Å². The molecule has 0 radical (unpaired) electrons. The van der Waals surface area contributed by atoms with Gasteiger partial charge in [-0.1, -0.05) is 24.3 Å². The fourth-order valence-electron chi connectivity index (χ4n) is 2.27. The maximum Gasteiger partial charge on any atom is 0.306 e. The SMILES string of the molecule is COc1ccccc1NC(=O)CCC(=O)OCC(=O)c1cccc([N+](=O)[O-])c1. The Hall–Kier alpha value is -3.75. The summed E-state index contributed by atoms with van der Waals surface area (Å²) in [6, 6.07) is 11.9. The Morgan fingerprint density at radius 2 is 1.82 bits per heavy atom. The highest BCUT2D eigenvalue weighted by Gasteiger charge is 2.15. The number of nitrogens with one attached hydrogen (secondary N) is 1. The van der Waals surface area contributed by atoms with Gasteiger partial charge in [-0.05, 0) is 12.1 Å². The Kier molecular flexibility index (Phi) is 7.21. The first-order chi connectivity index (χ1) is 13.4. The molecule has 0 spiro atoms. The minimum absolute atomic E-state index is 0.0657. The first-order valence-electron chi connectivity index (χ1n) is 8.27. The number of nitro groups is 1. The van der Waals surface area contributed by atoms with Crippen LogP contribution < -0.4 is 10.1 Å². The lowest BCUT2D eigenvalue weighted by molar-refractivity contribution is -0.384. The van der Waals surface area contributed by atoms with Crippen molar-refractivity contribution in [1.82, 2.24) is 0 Å². The van der Waals surface area contributed by atoms with E-state index < -0.39 is 29.2 Å². The van der Waals surface area contributed by atoms with Crippen molar-refractivity contribution in [3.05, 3.63) is 64.2 Å². The van der Waals surface area contributed by atoms with Gasteiger partial charge < -0.3 is 14.8 Å². The fourth-order valence-corrected chi connectivity index (χ4v) is 2.27. The van der Waals surface area contributed by atoms with Gasteiger partial charge in [-0.25, -0.2) is 0 Å². The lowest BCUT2D eigenvalue weighted by Gasteiger charge is -2.09. The molecule has 9 nitrogen and oxygen atoms in total. The molecule has 1 N–H and O–H groups in total. The van der Waals surface area contributed by atoms with Gasteiger partial charge in [0.1, 0.15) is 5.75 Å². The molecule has 2 rings (SSSR count). The average Bonchev–Trinajstić information content (AvgIpc) is 2.70. The highest BCUT2D eigenvalue weighted by molar-refractivity contribution is 5.98. The number of rotatable bonds is 9. The zero-order chi connectivity index (χ0) is 20.5. The van der Waals surface area contributed by atoms with Gasteiger partial charge in [0.15, 0.2) is 6.61 Å². The van der Waals surface area contributed by atoms with Crippen molar-refractivity contribution >= 4 is 29.0 Å². The van der Waals surface area contributed by atoms with Crippen LogP contribution in [-0.4, -0.2) is 36.3 Å². The molecule has 0 aliphatic rings. The third-order valence-electron chi connectivity index (χ3n) is 3.68. The Labute approximate surface area is 160 Å². The number of ketones is 1. The van der Waals surface area contributed by atoms with Gasteiger partial charge in [-0.2, -0.15) is 0 Å². The molecule has 28 heavy (non-hydrogen) atoms.